The van der Waals surface area contributed by atoms with Crippen LogP contribution in [0.15, 0.2) is 0 Å². The zero-order chi connectivity index (χ0) is 18.8. The molecule has 1 saturated carbocycles. The van der Waals surface area contributed by atoms with Crippen LogP contribution in [0, 0.1) is 11.8 Å². The van der Waals surface area contributed by atoms with Gasteiger partial charge in [0.05, 0.1) is 10.8 Å². The zero-order valence-electron chi connectivity index (χ0n) is 14.3. The van der Waals surface area contributed by atoms with Crippen molar-refractivity contribution in [3.8, 4) is 0 Å². The van der Waals surface area contributed by atoms with Gasteiger partial charge in [0, 0.05) is 24.3 Å². The average Bonchev–Trinajstić information content (AvgIpc) is 2.91. The second-order valence-corrected chi connectivity index (χ2v) is 9.21. The third-order valence-corrected chi connectivity index (χ3v) is 7.56. The molecule has 1 saturated heterocycles. The number of hydrogen-bond donors (Lipinski definition) is 2. The normalized spacial score (nSPS) is 30.2. The number of carboxylic acids is 2. The molecule has 0 aromatic rings. The molecule has 25 heavy (non-hydrogen) atoms. The summed E-state index contributed by atoms with van der Waals surface area (Å²) in [7, 11) is 0. The number of carboxylic acid groups (broad SMARTS) is 2. The van der Waals surface area contributed by atoms with Crippen molar-refractivity contribution < 1.29 is 29.4 Å². The Balaban J connectivity index is 2.19. The van der Waals surface area contributed by atoms with Gasteiger partial charge in [0.15, 0.2) is 5.12 Å². The summed E-state index contributed by atoms with van der Waals surface area (Å²) in [5.41, 5.74) is 0. The summed E-state index contributed by atoms with van der Waals surface area (Å²) in [6, 6.07) is -0.899. The molecular formula is C16H23NO6S2. The number of rotatable bonds is 5. The molecule has 140 valence electrons. The number of carbonyl (C=O) groups is 4. The maximum Gasteiger partial charge on any atom is 0.327 e. The first-order chi connectivity index (χ1) is 11.7. The Kier molecular flexibility index (Phi) is 6.42. The van der Waals surface area contributed by atoms with Gasteiger partial charge in [-0.15, -0.1) is 11.8 Å². The molecule has 2 rings (SSSR count). The SMILES string of the molecule is CC(=O)SCC(C)C(=O)N1C(C(=O)O)CSC12CCC(C(=O)O)CC2. The number of amides is 1. The molecule has 1 amide bonds. The van der Waals surface area contributed by atoms with Crippen LogP contribution in [-0.4, -0.2) is 60.5 Å². The lowest BCUT2D eigenvalue weighted by molar-refractivity contribution is -0.154. The maximum absolute atomic E-state index is 13.0. The molecule has 1 aliphatic heterocycles. The van der Waals surface area contributed by atoms with Gasteiger partial charge in [-0.3, -0.25) is 14.4 Å². The highest BCUT2D eigenvalue weighted by atomic mass is 32.2. The van der Waals surface area contributed by atoms with E-state index in [-0.39, 0.29) is 11.0 Å². The van der Waals surface area contributed by atoms with E-state index >= 15 is 0 Å². The number of thioether (sulfide) groups is 2. The van der Waals surface area contributed by atoms with Crippen molar-refractivity contribution in [2.45, 2.75) is 50.4 Å². The second-order valence-electron chi connectivity index (χ2n) is 6.64. The molecule has 0 bridgehead atoms. The van der Waals surface area contributed by atoms with Crippen molar-refractivity contribution in [2.75, 3.05) is 11.5 Å². The quantitative estimate of drug-likeness (QED) is 0.733. The lowest BCUT2D eigenvalue weighted by Crippen LogP contribution is -2.55. The van der Waals surface area contributed by atoms with Crippen molar-refractivity contribution in [3.05, 3.63) is 0 Å². The minimum atomic E-state index is -1.04. The number of nitrogens with zero attached hydrogens (tertiary/aromatic N) is 1. The van der Waals surface area contributed by atoms with Crippen LogP contribution in [0.25, 0.3) is 0 Å². The van der Waals surface area contributed by atoms with Crippen LogP contribution in [0.2, 0.25) is 0 Å². The number of carbonyl (C=O) groups excluding carboxylic acids is 2. The first-order valence-electron chi connectivity index (χ1n) is 8.24. The fourth-order valence-electron chi connectivity index (χ4n) is 3.45. The van der Waals surface area contributed by atoms with Crippen molar-refractivity contribution >= 4 is 46.5 Å². The molecule has 0 aromatic heterocycles. The van der Waals surface area contributed by atoms with Gasteiger partial charge in [0.2, 0.25) is 5.91 Å². The van der Waals surface area contributed by atoms with E-state index in [0.29, 0.717) is 37.2 Å². The molecule has 1 spiro atoms. The summed E-state index contributed by atoms with van der Waals surface area (Å²) in [6.07, 6.45) is 1.84. The molecule has 2 fully saturated rings. The smallest absolute Gasteiger partial charge is 0.327 e. The van der Waals surface area contributed by atoms with Gasteiger partial charge in [-0.1, -0.05) is 18.7 Å². The van der Waals surface area contributed by atoms with Crippen LogP contribution in [0.1, 0.15) is 39.5 Å². The van der Waals surface area contributed by atoms with E-state index in [1.807, 2.05) is 0 Å². The first-order valence-corrected chi connectivity index (χ1v) is 10.2. The number of hydrogen-bond acceptors (Lipinski definition) is 6. The highest BCUT2D eigenvalue weighted by Gasteiger charge is 2.54. The molecule has 2 atom stereocenters. The fourth-order valence-corrected chi connectivity index (χ4v) is 5.72. The van der Waals surface area contributed by atoms with E-state index in [9.17, 15) is 29.4 Å². The first kappa shape index (κ1) is 20.1. The lowest BCUT2D eigenvalue weighted by atomic mass is 9.84. The minimum Gasteiger partial charge on any atom is -0.481 e. The monoisotopic (exact) mass is 389 g/mol. The van der Waals surface area contributed by atoms with Crippen LogP contribution in [0.3, 0.4) is 0 Å². The summed E-state index contributed by atoms with van der Waals surface area (Å²) in [4.78, 5) is 47.8. The zero-order valence-corrected chi connectivity index (χ0v) is 15.9. The van der Waals surface area contributed by atoms with E-state index in [1.54, 1.807) is 6.92 Å². The summed E-state index contributed by atoms with van der Waals surface area (Å²) >= 11 is 2.51. The molecule has 7 nitrogen and oxygen atoms in total. The summed E-state index contributed by atoms with van der Waals surface area (Å²) in [5.74, 6) is -2.41. The van der Waals surface area contributed by atoms with E-state index < -0.39 is 34.7 Å². The lowest BCUT2D eigenvalue weighted by Gasteiger charge is -2.44. The Morgan fingerprint density at radius 2 is 1.80 bits per heavy atom. The standard InChI is InChI=1S/C16H23NO6S2/c1-9(7-24-10(2)18)13(19)17-12(15(22)23)8-25-16(17)5-3-11(4-6-16)14(20)21/h9,11-12H,3-8H2,1-2H3,(H,20,21)(H,22,23). The Bertz CT molecular complexity index is 573. The molecule has 1 aliphatic carbocycles. The van der Waals surface area contributed by atoms with Gasteiger partial charge < -0.3 is 15.1 Å². The Morgan fingerprint density at radius 1 is 1.20 bits per heavy atom. The van der Waals surface area contributed by atoms with Crippen molar-refractivity contribution in [2.24, 2.45) is 11.8 Å². The van der Waals surface area contributed by atoms with Crippen LogP contribution >= 0.6 is 23.5 Å². The topological polar surface area (TPSA) is 112 Å². The highest BCUT2D eigenvalue weighted by Crippen LogP contribution is 2.50. The van der Waals surface area contributed by atoms with E-state index in [2.05, 4.69) is 0 Å². The molecular weight excluding hydrogens is 366 g/mol. The van der Waals surface area contributed by atoms with E-state index in [1.165, 1.54) is 23.6 Å². The summed E-state index contributed by atoms with van der Waals surface area (Å²) in [5, 5.41) is 18.6. The molecule has 0 radical (unpaired) electrons. The minimum absolute atomic E-state index is 0.0816. The fraction of sp³-hybridized carbons (Fsp3) is 0.750. The molecule has 0 aromatic carbocycles. The molecule has 9 heteroatoms. The van der Waals surface area contributed by atoms with Gasteiger partial charge in [0.25, 0.3) is 0 Å². The molecule has 2 aliphatic rings. The summed E-state index contributed by atoms with van der Waals surface area (Å²) in [6.45, 7) is 3.14. The predicted molar refractivity (Wildman–Crippen MR) is 95.4 cm³/mol. The summed E-state index contributed by atoms with van der Waals surface area (Å²) < 4.78 is 0. The predicted octanol–water partition coefficient (Wildman–Crippen LogP) is 1.90. The second kappa shape index (κ2) is 7.99. The van der Waals surface area contributed by atoms with E-state index in [4.69, 9.17) is 0 Å². The van der Waals surface area contributed by atoms with Gasteiger partial charge in [-0.05, 0) is 25.7 Å². The molecule has 1 heterocycles. The Hall–Kier alpha value is -1.22. The Labute approximate surface area is 154 Å². The Morgan fingerprint density at radius 3 is 2.28 bits per heavy atom. The third kappa shape index (κ3) is 4.31. The number of aliphatic carboxylic acids is 2. The van der Waals surface area contributed by atoms with E-state index in [0.717, 1.165) is 11.8 Å². The largest absolute Gasteiger partial charge is 0.481 e. The molecule has 2 N–H and O–H groups in total. The van der Waals surface area contributed by atoms with Gasteiger partial charge in [-0.2, -0.15) is 0 Å². The average molecular weight is 389 g/mol. The molecule has 2 unspecified atom stereocenters. The van der Waals surface area contributed by atoms with Gasteiger partial charge >= 0.3 is 11.9 Å². The maximum atomic E-state index is 13.0. The van der Waals surface area contributed by atoms with Gasteiger partial charge in [-0.25, -0.2) is 4.79 Å². The van der Waals surface area contributed by atoms with Crippen LogP contribution in [0.5, 0.6) is 0 Å². The van der Waals surface area contributed by atoms with Crippen LogP contribution in [0.4, 0.5) is 0 Å². The van der Waals surface area contributed by atoms with Crippen LogP contribution in [-0.2, 0) is 19.2 Å². The highest BCUT2D eigenvalue weighted by molar-refractivity contribution is 8.13. The van der Waals surface area contributed by atoms with Crippen molar-refractivity contribution in [1.29, 1.82) is 0 Å². The van der Waals surface area contributed by atoms with Gasteiger partial charge in [0.1, 0.15) is 6.04 Å². The van der Waals surface area contributed by atoms with Crippen LogP contribution < -0.4 is 0 Å². The van der Waals surface area contributed by atoms with Crippen molar-refractivity contribution in [3.63, 3.8) is 0 Å². The third-order valence-electron chi connectivity index (χ3n) is 4.86. The van der Waals surface area contributed by atoms with Crippen molar-refractivity contribution in [1.82, 2.24) is 4.90 Å².